The predicted molar refractivity (Wildman–Crippen MR) is 156 cm³/mol. The Morgan fingerprint density at radius 3 is 2.07 bits per heavy atom. The number of amides is 2. The van der Waals surface area contributed by atoms with E-state index in [1.807, 2.05) is 69.3 Å². The van der Waals surface area contributed by atoms with Crippen LogP contribution in [0.2, 0.25) is 0 Å². The van der Waals surface area contributed by atoms with Crippen LogP contribution in [0, 0.1) is 12.8 Å². The molecule has 1 aliphatic carbocycles. The molecule has 218 valence electrons. The number of benzene rings is 3. The van der Waals surface area contributed by atoms with Gasteiger partial charge in [0.2, 0.25) is 10.0 Å². The molecule has 0 fully saturated rings. The third kappa shape index (κ3) is 6.95. The second-order valence-electron chi connectivity index (χ2n) is 10.7. The van der Waals surface area contributed by atoms with Crippen molar-refractivity contribution in [2.45, 2.75) is 57.1 Å². The SMILES string of the molecule is Cc1ccc(S(=O)(=O)N(CC(C)C)[C@@H](CCCCNC(=O)OC2c3ccccc3-c3ccccc32)C(=O)NO)cc1. The van der Waals surface area contributed by atoms with Crippen LogP contribution in [-0.2, 0) is 19.6 Å². The highest BCUT2D eigenvalue weighted by molar-refractivity contribution is 7.89. The monoisotopic (exact) mass is 579 g/mol. The second-order valence-corrected chi connectivity index (χ2v) is 12.5. The number of sulfonamides is 1. The van der Waals surface area contributed by atoms with Crippen LogP contribution in [0.4, 0.5) is 4.79 Å². The molecule has 0 spiro atoms. The lowest BCUT2D eigenvalue weighted by molar-refractivity contribution is -0.133. The molecule has 3 N–H and O–H groups in total. The quantitative estimate of drug-likeness (QED) is 0.154. The zero-order chi connectivity index (χ0) is 29.6. The van der Waals surface area contributed by atoms with Gasteiger partial charge in [-0.3, -0.25) is 10.0 Å². The van der Waals surface area contributed by atoms with Crippen molar-refractivity contribution in [3.63, 3.8) is 0 Å². The number of rotatable bonds is 12. The van der Waals surface area contributed by atoms with Crippen LogP contribution in [0.5, 0.6) is 0 Å². The average molecular weight is 580 g/mol. The minimum atomic E-state index is -4.01. The van der Waals surface area contributed by atoms with Crippen molar-refractivity contribution in [1.82, 2.24) is 15.1 Å². The maximum Gasteiger partial charge on any atom is 0.408 e. The molecular formula is C31H37N3O6S. The number of ether oxygens (including phenoxy) is 1. The first-order valence-electron chi connectivity index (χ1n) is 13.8. The Kier molecular flexibility index (Phi) is 9.80. The van der Waals surface area contributed by atoms with Crippen LogP contribution in [0.15, 0.2) is 77.7 Å². The van der Waals surface area contributed by atoms with Gasteiger partial charge in [0.25, 0.3) is 5.91 Å². The Bertz CT molecular complexity index is 1430. The van der Waals surface area contributed by atoms with Crippen LogP contribution >= 0.6 is 0 Å². The second kappa shape index (κ2) is 13.3. The Balaban J connectivity index is 1.37. The van der Waals surface area contributed by atoms with Crippen molar-refractivity contribution in [1.29, 1.82) is 0 Å². The summed E-state index contributed by atoms with van der Waals surface area (Å²) in [5.41, 5.74) is 6.49. The van der Waals surface area contributed by atoms with E-state index < -0.39 is 34.2 Å². The fourth-order valence-corrected chi connectivity index (χ4v) is 6.90. The van der Waals surface area contributed by atoms with E-state index in [2.05, 4.69) is 5.32 Å². The number of nitrogens with zero attached hydrogens (tertiary/aromatic N) is 1. The van der Waals surface area contributed by atoms with E-state index in [-0.39, 0.29) is 30.3 Å². The zero-order valence-electron chi connectivity index (χ0n) is 23.5. The molecule has 0 bridgehead atoms. The largest absolute Gasteiger partial charge is 0.436 e. The van der Waals surface area contributed by atoms with Gasteiger partial charge in [0.15, 0.2) is 6.10 Å². The minimum Gasteiger partial charge on any atom is -0.436 e. The van der Waals surface area contributed by atoms with Crippen LogP contribution < -0.4 is 10.8 Å². The van der Waals surface area contributed by atoms with E-state index in [9.17, 15) is 23.2 Å². The van der Waals surface area contributed by atoms with Crippen LogP contribution in [-0.4, -0.2) is 49.1 Å². The molecule has 0 unspecified atom stereocenters. The summed E-state index contributed by atoms with van der Waals surface area (Å²) < 4.78 is 34.1. The maximum atomic E-state index is 13.5. The lowest BCUT2D eigenvalue weighted by atomic mass is 10.1. The van der Waals surface area contributed by atoms with Gasteiger partial charge in [-0.2, -0.15) is 4.31 Å². The zero-order valence-corrected chi connectivity index (χ0v) is 24.4. The highest BCUT2D eigenvalue weighted by atomic mass is 32.2. The number of hydrogen-bond acceptors (Lipinski definition) is 6. The van der Waals surface area contributed by atoms with Crippen molar-refractivity contribution in [2.24, 2.45) is 5.92 Å². The summed E-state index contributed by atoms with van der Waals surface area (Å²) in [6.07, 6.45) is -0.0102. The summed E-state index contributed by atoms with van der Waals surface area (Å²) in [7, 11) is -4.01. The van der Waals surface area contributed by atoms with Crippen molar-refractivity contribution >= 4 is 22.0 Å². The maximum absolute atomic E-state index is 13.5. The van der Waals surface area contributed by atoms with Gasteiger partial charge in [-0.15, -0.1) is 0 Å². The third-order valence-electron chi connectivity index (χ3n) is 7.11. The molecule has 10 heteroatoms. The summed E-state index contributed by atoms with van der Waals surface area (Å²) >= 11 is 0. The topological polar surface area (TPSA) is 125 Å². The molecule has 0 saturated heterocycles. The van der Waals surface area contributed by atoms with Gasteiger partial charge in [-0.1, -0.05) is 80.1 Å². The van der Waals surface area contributed by atoms with Gasteiger partial charge in [-0.25, -0.2) is 18.7 Å². The predicted octanol–water partition coefficient (Wildman–Crippen LogP) is 5.18. The number of hydrogen-bond donors (Lipinski definition) is 3. The van der Waals surface area contributed by atoms with Crippen molar-refractivity contribution in [3.05, 3.63) is 89.5 Å². The van der Waals surface area contributed by atoms with E-state index in [0.29, 0.717) is 12.8 Å². The minimum absolute atomic E-state index is 0.0634. The average Bonchev–Trinajstić information content (AvgIpc) is 3.27. The molecule has 2 amide bonds. The van der Waals surface area contributed by atoms with Gasteiger partial charge < -0.3 is 10.1 Å². The molecule has 41 heavy (non-hydrogen) atoms. The normalized spacial score (nSPS) is 13.5. The number of carbonyl (C=O) groups is 2. The molecule has 0 aliphatic heterocycles. The van der Waals surface area contributed by atoms with E-state index in [1.165, 1.54) is 12.1 Å². The van der Waals surface area contributed by atoms with Gasteiger partial charge in [0, 0.05) is 24.2 Å². The highest BCUT2D eigenvalue weighted by Gasteiger charge is 2.36. The Hall–Kier alpha value is -3.73. The Labute approximate surface area is 241 Å². The van der Waals surface area contributed by atoms with Crippen LogP contribution in [0.1, 0.15) is 55.9 Å². The Morgan fingerprint density at radius 1 is 0.927 bits per heavy atom. The lowest BCUT2D eigenvalue weighted by Gasteiger charge is -2.31. The number of hydroxylamine groups is 1. The number of nitrogens with one attached hydrogen (secondary N) is 2. The molecule has 9 nitrogen and oxygen atoms in total. The molecule has 1 atom stereocenters. The number of alkyl carbamates (subject to hydrolysis) is 1. The standard InChI is InChI=1S/C31H37N3O6S/c1-21(2)20-34(41(38,39)23-17-15-22(3)16-18-23)28(30(35)33-37)14-8-9-19-32-31(36)40-29-26-12-6-4-10-24(26)25-11-5-7-13-27(25)29/h4-7,10-13,15-18,21,28-29,37H,8-9,14,19-20H2,1-3H3,(H,32,36)(H,33,35)/t28-/m0/s1. The smallest absolute Gasteiger partial charge is 0.408 e. The number of fused-ring (bicyclic) bond motifs is 3. The molecule has 0 heterocycles. The summed E-state index contributed by atoms with van der Waals surface area (Å²) in [6.45, 7) is 5.96. The molecule has 4 rings (SSSR count). The summed E-state index contributed by atoms with van der Waals surface area (Å²) in [5.74, 6) is -0.862. The van der Waals surface area contributed by atoms with Gasteiger partial charge >= 0.3 is 6.09 Å². The molecule has 0 radical (unpaired) electrons. The van der Waals surface area contributed by atoms with E-state index >= 15 is 0 Å². The van der Waals surface area contributed by atoms with E-state index in [4.69, 9.17) is 4.74 Å². The Morgan fingerprint density at radius 2 is 1.51 bits per heavy atom. The number of unbranched alkanes of at least 4 members (excludes halogenated alkanes) is 1. The van der Waals surface area contributed by atoms with E-state index in [0.717, 1.165) is 32.1 Å². The fraction of sp³-hybridized carbons (Fsp3) is 0.355. The van der Waals surface area contributed by atoms with Gasteiger partial charge in [-0.05, 0) is 55.4 Å². The molecular weight excluding hydrogens is 542 g/mol. The van der Waals surface area contributed by atoms with Crippen molar-refractivity contribution in [3.8, 4) is 11.1 Å². The first-order valence-corrected chi connectivity index (χ1v) is 15.2. The first kappa shape index (κ1) is 30.2. The van der Waals surface area contributed by atoms with Gasteiger partial charge in [0.05, 0.1) is 4.90 Å². The van der Waals surface area contributed by atoms with E-state index in [1.54, 1.807) is 17.6 Å². The summed E-state index contributed by atoms with van der Waals surface area (Å²) in [5, 5.41) is 12.2. The van der Waals surface area contributed by atoms with Crippen LogP contribution in [0.3, 0.4) is 0 Å². The fourth-order valence-electron chi connectivity index (χ4n) is 5.12. The summed E-state index contributed by atoms with van der Waals surface area (Å²) in [6, 6.07) is 21.0. The van der Waals surface area contributed by atoms with Crippen LogP contribution in [0.25, 0.3) is 11.1 Å². The third-order valence-corrected chi connectivity index (χ3v) is 9.00. The lowest BCUT2D eigenvalue weighted by Crippen LogP contribution is -2.50. The summed E-state index contributed by atoms with van der Waals surface area (Å²) in [4.78, 5) is 25.5. The molecule has 3 aromatic carbocycles. The molecule has 3 aromatic rings. The highest BCUT2D eigenvalue weighted by Crippen LogP contribution is 2.45. The molecule has 0 aromatic heterocycles. The molecule has 1 aliphatic rings. The van der Waals surface area contributed by atoms with Crippen molar-refractivity contribution in [2.75, 3.05) is 13.1 Å². The van der Waals surface area contributed by atoms with Gasteiger partial charge in [0.1, 0.15) is 6.04 Å². The number of carbonyl (C=O) groups excluding carboxylic acids is 2. The molecule has 0 saturated carbocycles. The van der Waals surface area contributed by atoms with Crippen molar-refractivity contribution < 1.29 is 28.0 Å². The number of aryl methyl sites for hydroxylation is 1. The first-order chi connectivity index (χ1) is 19.6.